The minimum atomic E-state index is -0.504. The highest BCUT2D eigenvalue weighted by Crippen LogP contribution is 2.19. The van der Waals surface area contributed by atoms with Crippen LogP contribution in [0.5, 0.6) is 5.75 Å². The average Bonchev–Trinajstić information content (AvgIpc) is 2.48. The molecule has 0 aliphatic heterocycles. The van der Waals surface area contributed by atoms with Gasteiger partial charge >= 0.3 is 0 Å². The maximum Gasteiger partial charge on any atom is 0.293 e. The van der Waals surface area contributed by atoms with Gasteiger partial charge in [-0.05, 0) is 31.4 Å². The molecule has 5 nitrogen and oxygen atoms in total. The molecular formula is C16H21N3O2. The van der Waals surface area contributed by atoms with E-state index < -0.39 is 5.56 Å². The van der Waals surface area contributed by atoms with Crippen LogP contribution in [0.15, 0.2) is 23.1 Å². The van der Waals surface area contributed by atoms with Crippen molar-refractivity contribution in [2.24, 2.45) is 0 Å². The van der Waals surface area contributed by atoms with E-state index in [9.17, 15) is 9.90 Å². The van der Waals surface area contributed by atoms with E-state index in [0.29, 0.717) is 23.6 Å². The van der Waals surface area contributed by atoms with E-state index in [-0.39, 0.29) is 5.75 Å². The highest BCUT2D eigenvalue weighted by atomic mass is 16.3. The summed E-state index contributed by atoms with van der Waals surface area (Å²) in [5.74, 6) is 0.144. The number of aromatic hydroxyl groups is 1. The van der Waals surface area contributed by atoms with E-state index in [2.05, 4.69) is 21.9 Å². The molecule has 2 rings (SSSR count). The largest absolute Gasteiger partial charge is 0.502 e. The summed E-state index contributed by atoms with van der Waals surface area (Å²) in [7, 11) is 0. The Morgan fingerprint density at radius 2 is 2.10 bits per heavy atom. The van der Waals surface area contributed by atoms with Gasteiger partial charge < -0.3 is 10.1 Å². The van der Waals surface area contributed by atoms with E-state index in [1.807, 2.05) is 19.1 Å². The Hall–Kier alpha value is -2.17. The van der Waals surface area contributed by atoms with Crippen LogP contribution in [0.25, 0.3) is 11.5 Å². The van der Waals surface area contributed by atoms with Crippen LogP contribution in [0, 0.1) is 6.92 Å². The molecule has 112 valence electrons. The Labute approximate surface area is 124 Å². The number of H-pyrrole nitrogens is 1. The lowest BCUT2D eigenvalue weighted by Gasteiger charge is -2.08. The molecule has 0 saturated heterocycles. The fraction of sp³-hybridized carbons (Fsp3) is 0.438. The number of aromatic nitrogens is 3. The quantitative estimate of drug-likeness (QED) is 0.801. The number of aromatic amines is 1. The second-order valence-corrected chi connectivity index (χ2v) is 5.19. The van der Waals surface area contributed by atoms with E-state index >= 15 is 0 Å². The Morgan fingerprint density at radius 1 is 1.29 bits per heavy atom. The second-order valence-electron chi connectivity index (χ2n) is 5.19. The average molecular weight is 287 g/mol. The number of nitrogens with zero attached hydrogens (tertiary/aromatic N) is 2. The topological polar surface area (TPSA) is 78.9 Å². The first-order valence-corrected chi connectivity index (χ1v) is 7.37. The van der Waals surface area contributed by atoms with Crippen molar-refractivity contribution in [2.75, 3.05) is 0 Å². The third kappa shape index (κ3) is 3.68. The third-order valence-corrected chi connectivity index (χ3v) is 3.47. The number of aryl methyl sites for hydroxylation is 2. The molecule has 0 bridgehead atoms. The summed E-state index contributed by atoms with van der Waals surface area (Å²) in [4.78, 5) is 23.1. The van der Waals surface area contributed by atoms with Crippen LogP contribution >= 0.6 is 0 Å². The number of hydrogen-bond donors (Lipinski definition) is 2. The molecule has 0 spiro atoms. The van der Waals surface area contributed by atoms with Crippen LogP contribution in [0.4, 0.5) is 0 Å². The molecular weight excluding hydrogens is 266 g/mol. The van der Waals surface area contributed by atoms with E-state index in [4.69, 9.17) is 0 Å². The fourth-order valence-corrected chi connectivity index (χ4v) is 2.25. The van der Waals surface area contributed by atoms with Gasteiger partial charge in [-0.1, -0.05) is 32.3 Å². The Morgan fingerprint density at radius 3 is 2.81 bits per heavy atom. The fourth-order valence-electron chi connectivity index (χ4n) is 2.25. The summed E-state index contributed by atoms with van der Waals surface area (Å²) < 4.78 is 0. The summed E-state index contributed by atoms with van der Waals surface area (Å²) >= 11 is 0. The molecule has 5 heteroatoms. The smallest absolute Gasteiger partial charge is 0.293 e. The lowest BCUT2D eigenvalue weighted by molar-refractivity contribution is 0.452. The first-order valence-electron chi connectivity index (χ1n) is 7.37. The summed E-state index contributed by atoms with van der Waals surface area (Å²) in [5, 5.41) is 9.87. The van der Waals surface area contributed by atoms with Crippen molar-refractivity contribution < 1.29 is 5.11 Å². The van der Waals surface area contributed by atoms with Crippen LogP contribution in [-0.2, 0) is 6.42 Å². The molecule has 0 aliphatic rings. The monoisotopic (exact) mass is 287 g/mol. The summed E-state index contributed by atoms with van der Waals surface area (Å²) in [6, 6.07) is 3.75. The molecule has 0 aromatic carbocycles. The summed E-state index contributed by atoms with van der Waals surface area (Å²) in [5.41, 5.74) is 1.53. The first-order chi connectivity index (χ1) is 10.1. The van der Waals surface area contributed by atoms with Crippen molar-refractivity contribution in [3.8, 4) is 17.3 Å². The maximum absolute atomic E-state index is 11.9. The standard InChI is InChI=1S/C16H21N3O2/c1-3-4-5-6-9-12-14(20)16(21)19-15(18-12)13-11(2)8-7-10-17-13/h7-8,10,20H,3-6,9H2,1-2H3,(H,18,19,21). The molecule has 0 unspecified atom stereocenters. The third-order valence-electron chi connectivity index (χ3n) is 3.47. The molecule has 2 aromatic heterocycles. The minimum absolute atomic E-state index is 0.274. The molecule has 0 aliphatic carbocycles. The summed E-state index contributed by atoms with van der Waals surface area (Å²) in [6.07, 6.45) is 6.55. The van der Waals surface area contributed by atoms with E-state index in [0.717, 1.165) is 31.2 Å². The molecule has 0 amide bonds. The van der Waals surface area contributed by atoms with Crippen molar-refractivity contribution in [1.29, 1.82) is 0 Å². The van der Waals surface area contributed by atoms with Crippen LogP contribution in [0.3, 0.4) is 0 Å². The van der Waals surface area contributed by atoms with Gasteiger partial charge in [0.15, 0.2) is 5.82 Å². The molecule has 0 fully saturated rings. The predicted molar refractivity (Wildman–Crippen MR) is 82.3 cm³/mol. The van der Waals surface area contributed by atoms with Gasteiger partial charge in [-0.25, -0.2) is 4.98 Å². The number of nitrogens with one attached hydrogen (secondary N) is 1. The van der Waals surface area contributed by atoms with Crippen LogP contribution in [-0.4, -0.2) is 20.1 Å². The number of pyridine rings is 1. The normalized spacial score (nSPS) is 10.8. The molecule has 2 N–H and O–H groups in total. The van der Waals surface area contributed by atoms with Crippen molar-refractivity contribution in [1.82, 2.24) is 15.0 Å². The van der Waals surface area contributed by atoms with Crippen molar-refractivity contribution >= 4 is 0 Å². The van der Waals surface area contributed by atoms with Gasteiger partial charge in [0.2, 0.25) is 5.75 Å². The van der Waals surface area contributed by atoms with Gasteiger partial charge in [0.05, 0.1) is 5.69 Å². The van der Waals surface area contributed by atoms with Gasteiger partial charge in [-0.15, -0.1) is 0 Å². The molecule has 0 radical (unpaired) electrons. The maximum atomic E-state index is 11.9. The summed E-state index contributed by atoms with van der Waals surface area (Å²) in [6.45, 7) is 4.06. The zero-order chi connectivity index (χ0) is 15.2. The predicted octanol–water partition coefficient (Wildman–Crippen LogP) is 2.97. The number of rotatable bonds is 6. The minimum Gasteiger partial charge on any atom is -0.502 e. The zero-order valence-corrected chi connectivity index (χ0v) is 12.5. The molecule has 21 heavy (non-hydrogen) atoms. The van der Waals surface area contributed by atoms with E-state index in [1.54, 1.807) is 6.20 Å². The van der Waals surface area contributed by atoms with Crippen LogP contribution in [0.2, 0.25) is 0 Å². The Kier molecular flexibility index (Phi) is 5.09. The van der Waals surface area contributed by atoms with E-state index in [1.165, 1.54) is 0 Å². The van der Waals surface area contributed by atoms with Crippen molar-refractivity contribution in [2.45, 2.75) is 46.0 Å². The molecule has 2 aromatic rings. The lowest BCUT2D eigenvalue weighted by atomic mass is 10.1. The van der Waals surface area contributed by atoms with Crippen molar-refractivity contribution in [3.63, 3.8) is 0 Å². The SMILES string of the molecule is CCCCCCc1nc(-c2ncccc2C)[nH]c(=O)c1O. The number of hydrogen-bond acceptors (Lipinski definition) is 4. The highest BCUT2D eigenvalue weighted by Gasteiger charge is 2.13. The number of unbranched alkanes of at least 4 members (excludes halogenated alkanes) is 3. The van der Waals surface area contributed by atoms with Gasteiger partial charge in [-0.3, -0.25) is 9.78 Å². The highest BCUT2D eigenvalue weighted by molar-refractivity contribution is 5.54. The van der Waals surface area contributed by atoms with Gasteiger partial charge in [0, 0.05) is 6.20 Å². The second kappa shape index (κ2) is 7.02. The zero-order valence-electron chi connectivity index (χ0n) is 12.5. The van der Waals surface area contributed by atoms with Gasteiger partial charge in [0.25, 0.3) is 5.56 Å². The van der Waals surface area contributed by atoms with Gasteiger partial charge in [0.1, 0.15) is 5.69 Å². The first kappa shape index (κ1) is 15.2. The van der Waals surface area contributed by atoms with Crippen LogP contribution < -0.4 is 5.56 Å². The van der Waals surface area contributed by atoms with Gasteiger partial charge in [-0.2, -0.15) is 0 Å². The van der Waals surface area contributed by atoms with Crippen LogP contribution in [0.1, 0.15) is 43.9 Å². The lowest BCUT2D eigenvalue weighted by Crippen LogP contribution is -2.13. The molecule has 0 atom stereocenters. The molecule has 0 saturated carbocycles. The Bertz CT molecular complexity index is 665. The van der Waals surface area contributed by atoms with Crippen molar-refractivity contribution in [3.05, 3.63) is 39.9 Å². The Balaban J connectivity index is 2.30. The molecule has 2 heterocycles.